The van der Waals surface area contributed by atoms with Gasteiger partial charge in [0.05, 0.1) is 5.69 Å². The first-order valence-electron chi connectivity index (χ1n) is 8.64. The number of hydrogen-bond donors (Lipinski definition) is 1. The van der Waals surface area contributed by atoms with Gasteiger partial charge in [0.1, 0.15) is 5.75 Å². The Labute approximate surface area is 160 Å². The van der Waals surface area contributed by atoms with E-state index in [1.54, 1.807) is 48.5 Å². The molecule has 1 amide bonds. The summed E-state index contributed by atoms with van der Waals surface area (Å²) >= 11 is 0. The maximum absolute atomic E-state index is 12.7. The third-order valence-corrected chi connectivity index (χ3v) is 4.34. The van der Waals surface area contributed by atoms with E-state index in [0.29, 0.717) is 45.7 Å². The third kappa shape index (κ3) is 3.03. The van der Waals surface area contributed by atoms with E-state index in [1.807, 2.05) is 12.1 Å². The lowest BCUT2D eigenvalue weighted by atomic mass is 10.2. The summed E-state index contributed by atoms with van der Waals surface area (Å²) in [5.41, 5.74) is 1.00. The van der Waals surface area contributed by atoms with Gasteiger partial charge in [0, 0.05) is 11.6 Å². The first-order chi connectivity index (χ1) is 13.8. The maximum atomic E-state index is 12.7. The lowest BCUT2D eigenvalue weighted by Gasteiger charge is -2.13. The average Bonchev–Trinajstić information content (AvgIpc) is 3.37. The molecule has 0 spiro atoms. The molecule has 0 saturated heterocycles. The number of para-hydroxylation sites is 2. The van der Waals surface area contributed by atoms with Crippen LogP contribution >= 0.6 is 0 Å². The molecule has 3 aromatic carbocycles. The Morgan fingerprint density at radius 3 is 2.29 bits per heavy atom. The molecule has 0 unspecified atom stereocenters. The van der Waals surface area contributed by atoms with E-state index in [0.717, 1.165) is 0 Å². The number of carbonyl (C=O) groups excluding carboxylic acids is 1. The fourth-order valence-electron chi connectivity index (χ4n) is 2.96. The highest BCUT2D eigenvalue weighted by Crippen LogP contribution is 2.38. The van der Waals surface area contributed by atoms with Crippen molar-refractivity contribution < 1.29 is 28.5 Å². The van der Waals surface area contributed by atoms with Crippen molar-refractivity contribution in [2.75, 3.05) is 18.9 Å². The largest absolute Gasteiger partial charge is 0.455 e. The maximum Gasteiger partial charge on any atom is 0.255 e. The molecule has 0 radical (unpaired) electrons. The summed E-state index contributed by atoms with van der Waals surface area (Å²) in [4.78, 5) is 12.7. The number of ether oxygens (including phenoxy) is 5. The van der Waals surface area contributed by atoms with Crippen LogP contribution in [0.25, 0.3) is 0 Å². The Bertz CT molecular complexity index is 1060. The minimum atomic E-state index is -0.278. The third-order valence-electron chi connectivity index (χ3n) is 4.34. The Hall–Kier alpha value is -3.87. The second-order valence-electron chi connectivity index (χ2n) is 6.14. The van der Waals surface area contributed by atoms with Crippen LogP contribution in [0.3, 0.4) is 0 Å². The molecule has 0 atom stereocenters. The van der Waals surface area contributed by atoms with E-state index in [-0.39, 0.29) is 19.5 Å². The second-order valence-corrected chi connectivity index (χ2v) is 6.14. The molecule has 5 rings (SSSR count). The molecule has 7 heteroatoms. The normalized spacial score (nSPS) is 13.3. The molecular formula is C21H15NO6. The van der Waals surface area contributed by atoms with Gasteiger partial charge in [-0.05, 0) is 42.5 Å². The Morgan fingerprint density at radius 1 is 0.786 bits per heavy atom. The zero-order chi connectivity index (χ0) is 18.9. The molecule has 2 aliphatic rings. The number of nitrogens with one attached hydrogen (secondary N) is 1. The Balaban J connectivity index is 1.37. The van der Waals surface area contributed by atoms with Crippen LogP contribution in [0.2, 0.25) is 0 Å². The zero-order valence-corrected chi connectivity index (χ0v) is 14.6. The van der Waals surface area contributed by atoms with Crippen LogP contribution in [0.1, 0.15) is 10.4 Å². The number of carbonyl (C=O) groups is 1. The SMILES string of the molecule is O=C(Nc1ccccc1Oc1ccc2c(c1)OCO2)c1ccc2c(c1)OCO2. The molecule has 0 bridgehead atoms. The zero-order valence-electron chi connectivity index (χ0n) is 14.6. The highest BCUT2D eigenvalue weighted by Gasteiger charge is 2.18. The highest BCUT2D eigenvalue weighted by molar-refractivity contribution is 6.05. The molecule has 3 aromatic rings. The van der Waals surface area contributed by atoms with E-state index in [4.69, 9.17) is 23.7 Å². The molecule has 0 aliphatic carbocycles. The average molecular weight is 377 g/mol. The number of amides is 1. The van der Waals surface area contributed by atoms with Crippen LogP contribution < -0.4 is 29.0 Å². The summed E-state index contributed by atoms with van der Waals surface area (Å²) in [6.07, 6.45) is 0. The summed E-state index contributed by atoms with van der Waals surface area (Å²) in [6, 6.07) is 17.6. The first kappa shape index (κ1) is 16.3. The van der Waals surface area contributed by atoms with Crippen molar-refractivity contribution in [3.05, 3.63) is 66.2 Å². The van der Waals surface area contributed by atoms with Crippen LogP contribution in [-0.2, 0) is 0 Å². The van der Waals surface area contributed by atoms with Gasteiger partial charge in [0.15, 0.2) is 28.7 Å². The van der Waals surface area contributed by atoms with Crippen molar-refractivity contribution in [2.24, 2.45) is 0 Å². The Morgan fingerprint density at radius 2 is 1.46 bits per heavy atom. The predicted octanol–water partition coefficient (Wildman–Crippen LogP) is 4.19. The Kier molecular flexibility index (Phi) is 3.90. The fraction of sp³-hybridized carbons (Fsp3) is 0.0952. The molecular weight excluding hydrogens is 362 g/mol. The van der Waals surface area contributed by atoms with Gasteiger partial charge in [-0.2, -0.15) is 0 Å². The van der Waals surface area contributed by atoms with Gasteiger partial charge < -0.3 is 29.0 Å². The second kappa shape index (κ2) is 6.70. The van der Waals surface area contributed by atoms with Crippen molar-refractivity contribution in [1.29, 1.82) is 0 Å². The quantitative estimate of drug-likeness (QED) is 0.735. The van der Waals surface area contributed by atoms with Crippen molar-refractivity contribution in [3.8, 4) is 34.5 Å². The molecule has 2 aliphatic heterocycles. The molecule has 7 nitrogen and oxygen atoms in total. The molecule has 140 valence electrons. The molecule has 2 heterocycles. The minimum Gasteiger partial charge on any atom is -0.455 e. The van der Waals surface area contributed by atoms with Gasteiger partial charge in [0.25, 0.3) is 5.91 Å². The molecule has 0 fully saturated rings. The van der Waals surface area contributed by atoms with E-state index in [2.05, 4.69) is 5.32 Å². The van der Waals surface area contributed by atoms with Crippen LogP contribution in [0.5, 0.6) is 34.5 Å². The summed E-state index contributed by atoms with van der Waals surface area (Å²) in [6.45, 7) is 0.355. The number of fused-ring (bicyclic) bond motifs is 2. The van der Waals surface area contributed by atoms with Gasteiger partial charge in [-0.3, -0.25) is 4.79 Å². The van der Waals surface area contributed by atoms with E-state index < -0.39 is 0 Å². The van der Waals surface area contributed by atoms with Gasteiger partial charge in [-0.25, -0.2) is 0 Å². The monoisotopic (exact) mass is 377 g/mol. The van der Waals surface area contributed by atoms with Crippen molar-refractivity contribution in [3.63, 3.8) is 0 Å². The van der Waals surface area contributed by atoms with Gasteiger partial charge in [-0.1, -0.05) is 12.1 Å². The van der Waals surface area contributed by atoms with Crippen molar-refractivity contribution in [2.45, 2.75) is 0 Å². The van der Waals surface area contributed by atoms with Crippen LogP contribution in [0.4, 0.5) is 5.69 Å². The van der Waals surface area contributed by atoms with E-state index in [9.17, 15) is 4.79 Å². The van der Waals surface area contributed by atoms with Crippen LogP contribution in [0, 0.1) is 0 Å². The standard InChI is InChI=1S/C21H15NO6/c23-21(13-5-7-17-19(9-13)26-11-24-17)22-15-3-1-2-4-16(15)28-14-6-8-18-20(10-14)27-12-25-18/h1-10H,11-12H2,(H,22,23). The van der Waals surface area contributed by atoms with Gasteiger partial charge in [-0.15, -0.1) is 0 Å². The highest BCUT2D eigenvalue weighted by atomic mass is 16.7. The van der Waals surface area contributed by atoms with Crippen LogP contribution in [0.15, 0.2) is 60.7 Å². The number of benzene rings is 3. The first-order valence-corrected chi connectivity index (χ1v) is 8.64. The van der Waals surface area contributed by atoms with Crippen LogP contribution in [-0.4, -0.2) is 19.5 Å². The van der Waals surface area contributed by atoms with Gasteiger partial charge in [0.2, 0.25) is 13.6 Å². The summed E-state index contributed by atoms with van der Waals surface area (Å²) < 4.78 is 27.2. The smallest absolute Gasteiger partial charge is 0.255 e. The molecule has 0 aromatic heterocycles. The van der Waals surface area contributed by atoms with Crippen molar-refractivity contribution >= 4 is 11.6 Å². The molecule has 1 N–H and O–H groups in total. The summed E-state index contributed by atoms with van der Waals surface area (Å²) in [5, 5.41) is 2.87. The number of rotatable bonds is 4. The number of hydrogen-bond acceptors (Lipinski definition) is 6. The molecule has 28 heavy (non-hydrogen) atoms. The predicted molar refractivity (Wildman–Crippen MR) is 99.6 cm³/mol. The van der Waals surface area contributed by atoms with Gasteiger partial charge >= 0.3 is 0 Å². The van der Waals surface area contributed by atoms with E-state index in [1.165, 1.54) is 0 Å². The number of anilines is 1. The topological polar surface area (TPSA) is 75.3 Å². The summed E-state index contributed by atoms with van der Waals surface area (Å²) in [5.74, 6) is 3.29. The fourth-order valence-corrected chi connectivity index (χ4v) is 2.96. The summed E-state index contributed by atoms with van der Waals surface area (Å²) in [7, 11) is 0. The van der Waals surface area contributed by atoms with E-state index >= 15 is 0 Å². The van der Waals surface area contributed by atoms with Crippen molar-refractivity contribution in [1.82, 2.24) is 0 Å². The molecule has 0 saturated carbocycles. The lowest BCUT2D eigenvalue weighted by molar-refractivity contribution is 0.102. The lowest BCUT2D eigenvalue weighted by Crippen LogP contribution is -2.12. The minimum absolute atomic E-state index is 0.159.